The smallest absolute Gasteiger partial charge is 0.243 e. The number of hydrogen-bond acceptors (Lipinski definition) is 4. The Hall–Kier alpha value is -2.38. The summed E-state index contributed by atoms with van der Waals surface area (Å²) >= 11 is 0. The van der Waals surface area contributed by atoms with Crippen molar-refractivity contribution in [3.8, 4) is 5.75 Å². The van der Waals surface area contributed by atoms with E-state index in [4.69, 9.17) is 4.74 Å². The zero-order valence-corrected chi connectivity index (χ0v) is 17.5. The van der Waals surface area contributed by atoms with Gasteiger partial charge >= 0.3 is 0 Å². The van der Waals surface area contributed by atoms with E-state index in [0.717, 1.165) is 24.2 Å². The quantitative estimate of drug-likeness (QED) is 0.718. The molecular weight excluding hydrogens is 388 g/mol. The van der Waals surface area contributed by atoms with Gasteiger partial charge in [0, 0.05) is 25.6 Å². The van der Waals surface area contributed by atoms with E-state index in [-0.39, 0.29) is 23.3 Å². The molecule has 1 heterocycles. The Morgan fingerprint density at radius 3 is 2.52 bits per heavy atom. The van der Waals surface area contributed by atoms with Gasteiger partial charge in [-0.3, -0.25) is 4.79 Å². The van der Waals surface area contributed by atoms with Crippen molar-refractivity contribution in [2.75, 3.05) is 20.2 Å². The summed E-state index contributed by atoms with van der Waals surface area (Å²) < 4.78 is 32.7. The number of methoxy groups -OCH3 is 1. The van der Waals surface area contributed by atoms with Crippen LogP contribution in [0.3, 0.4) is 0 Å². The first-order valence-electron chi connectivity index (χ1n) is 9.97. The Bertz CT molecular complexity index is 898. The van der Waals surface area contributed by atoms with Crippen molar-refractivity contribution in [3.63, 3.8) is 0 Å². The van der Waals surface area contributed by atoms with Crippen molar-refractivity contribution in [2.24, 2.45) is 0 Å². The summed E-state index contributed by atoms with van der Waals surface area (Å²) in [6.45, 7) is 0.977. The Morgan fingerprint density at radius 1 is 1.10 bits per heavy atom. The monoisotopic (exact) mass is 416 g/mol. The predicted octanol–water partition coefficient (Wildman–Crippen LogP) is 2.99. The number of benzene rings is 2. The average molecular weight is 417 g/mol. The Kier molecular flexibility index (Phi) is 7.28. The van der Waals surface area contributed by atoms with Gasteiger partial charge in [0.05, 0.1) is 12.0 Å². The second-order valence-corrected chi connectivity index (χ2v) is 9.12. The summed E-state index contributed by atoms with van der Waals surface area (Å²) in [5, 5.41) is 2.93. The number of ether oxygens (including phenoxy) is 1. The molecule has 2 aromatic carbocycles. The van der Waals surface area contributed by atoms with Gasteiger partial charge < -0.3 is 10.1 Å². The maximum atomic E-state index is 13.0. The van der Waals surface area contributed by atoms with E-state index >= 15 is 0 Å². The molecule has 0 aromatic heterocycles. The van der Waals surface area contributed by atoms with E-state index in [0.29, 0.717) is 25.9 Å². The first kappa shape index (κ1) is 21.3. The molecule has 0 radical (unpaired) electrons. The topological polar surface area (TPSA) is 75.7 Å². The number of nitrogens with one attached hydrogen (secondary N) is 1. The molecule has 1 saturated heterocycles. The number of piperidine rings is 1. The van der Waals surface area contributed by atoms with Gasteiger partial charge in [-0.1, -0.05) is 36.8 Å². The van der Waals surface area contributed by atoms with Crippen molar-refractivity contribution in [1.82, 2.24) is 9.62 Å². The zero-order valence-electron chi connectivity index (χ0n) is 16.7. The number of amides is 1. The number of hydrogen-bond donors (Lipinski definition) is 1. The minimum Gasteiger partial charge on any atom is -0.497 e. The van der Waals surface area contributed by atoms with E-state index in [2.05, 4.69) is 5.32 Å². The minimum atomic E-state index is -3.59. The Morgan fingerprint density at radius 2 is 1.83 bits per heavy atom. The van der Waals surface area contributed by atoms with Gasteiger partial charge in [0.2, 0.25) is 15.9 Å². The van der Waals surface area contributed by atoms with Crippen molar-refractivity contribution < 1.29 is 17.9 Å². The van der Waals surface area contributed by atoms with Crippen LogP contribution in [0.1, 0.15) is 31.2 Å². The molecule has 1 N–H and O–H groups in total. The molecule has 0 saturated carbocycles. The minimum absolute atomic E-state index is 0.112. The van der Waals surface area contributed by atoms with Crippen LogP contribution in [0.25, 0.3) is 0 Å². The predicted molar refractivity (Wildman–Crippen MR) is 112 cm³/mol. The molecule has 0 bridgehead atoms. The lowest BCUT2D eigenvalue weighted by molar-refractivity contribution is -0.122. The molecule has 0 aliphatic carbocycles. The number of nitrogens with zero attached hydrogens (tertiary/aromatic N) is 1. The molecule has 1 aliphatic rings. The van der Waals surface area contributed by atoms with Gasteiger partial charge in [0.1, 0.15) is 5.75 Å². The van der Waals surface area contributed by atoms with Crippen molar-refractivity contribution in [1.29, 1.82) is 0 Å². The van der Waals surface area contributed by atoms with Gasteiger partial charge in [-0.15, -0.1) is 0 Å². The van der Waals surface area contributed by atoms with E-state index in [1.807, 2.05) is 24.3 Å². The molecule has 6 nitrogen and oxygen atoms in total. The van der Waals surface area contributed by atoms with Crippen LogP contribution in [0, 0.1) is 0 Å². The third-order valence-corrected chi connectivity index (χ3v) is 7.20. The van der Waals surface area contributed by atoms with E-state index in [1.54, 1.807) is 37.4 Å². The Labute approximate surface area is 172 Å². The van der Waals surface area contributed by atoms with Crippen LogP contribution < -0.4 is 10.1 Å². The van der Waals surface area contributed by atoms with Gasteiger partial charge in [-0.25, -0.2) is 8.42 Å². The summed E-state index contributed by atoms with van der Waals surface area (Å²) in [5.41, 5.74) is 1.11. The van der Waals surface area contributed by atoms with Crippen LogP contribution in [0.2, 0.25) is 0 Å². The van der Waals surface area contributed by atoms with Crippen molar-refractivity contribution >= 4 is 15.9 Å². The summed E-state index contributed by atoms with van der Waals surface area (Å²) in [5.74, 6) is 0.688. The molecule has 1 amide bonds. The van der Waals surface area contributed by atoms with E-state index in [9.17, 15) is 13.2 Å². The normalized spacial score (nSPS) is 17.6. The van der Waals surface area contributed by atoms with Crippen LogP contribution in [0.5, 0.6) is 5.75 Å². The fraction of sp³-hybridized carbons (Fsp3) is 0.409. The highest BCUT2D eigenvalue weighted by atomic mass is 32.2. The van der Waals surface area contributed by atoms with Gasteiger partial charge in [-0.2, -0.15) is 4.31 Å². The second-order valence-electron chi connectivity index (χ2n) is 7.23. The maximum Gasteiger partial charge on any atom is 0.243 e. The summed E-state index contributed by atoms with van der Waals surface area (Å²) in [4.78, 5) is 12.7. The van der Waals surface area contributed by atoms with Crippen molar-refractivity contribution in [3.05, 3.63) is 60.2 Å². The molecule has 156 valence electrons. The Balaban J connectivity index is 1.56. The third-order valence-electron chi connectivity index (χ3n) is 5.24. The molecule has 3 rings (SSSR count). The molecule has 0 unspecified atom stereocenters. The molecule has 1 fully saturated rings. The number of rotatable bonds is 8. The number of carbonyl (C=O) groups is 1. The fourth-order valence-electron chi connectivity index (χ4n) is 3.65. The maximum absolute atomic E-state index is 13.0. The van der Waals surface area contributed by atoms with Gasteiger partial charge in [0.25, 0.3) is 0 Å². The first-order valence-corrected chi connectivity index (χ1v) is 11.4. The molecule has 0 spiro atoms. The van der Waals surface area contributed by atoms with Crippen LogP contribution in [-0.4, -0.2) is 44.9 Å². The van der Waals surface area contributed by atoms with Crippen LogP contribution in [0.4, 0.5) is 0 Å². The van der Waals surface area contributed by atoms with Crippen molar-refractivity contribution in [2.45, 2.75) is 43.0 Å². The molecule has 2 aromatic rings. The molecule has 7 heteroatoms. The molecular formula is C22H28N2O4S. The number of carbonyl (C=O) groups excluding carboxylic acids is 1. The van der Waals surface area contributed by atoms with Gasteiger partial charge in [-0.05, 0) is 49.1 Å². The van der Waals surface area contributed by atoms with E-state index in [1.165, 1.54) is 4.31 Å². The average Bonchev–Trinajstić information content (AvgIpc) is 2.75. The van der Waals surface area contributed by atoms with Gasteiger partial charge in [0.15, 0.2) is 0 Å². The summed E-state index contributed by atoms with van der Waals surface area (Å²) in [6, 6.07) is 15.9. The molecule has 1 aliphatic heterocycles. The first-order chi connectivity index (χ1) is 14.0. The van der Waals surface area contributed by atoms with E-state index < -0.39 is 10.0 Å². The van der Waals surface area contributed by atoms with Crippen LogP contribution in [0.15, 0.2) is 59.5 Å². The number of sulfonamides is 1. The van der Waals surface area contributed by atoms with Crippen LogP contribution >= 0.6 is 0 Å². The lowest BCUT2D eigenvalue weighted by atomic mass is 10.0. The highest BCUT2D eigenvalue weighted by Gasteiger charge is 2.34. The van der Waals surface area contributed by atoms with Crippen LogP contribution in [-0.2, 0) is 21.2 Å². The lowest BCUT2D eigenvalue weighted by Gasteiger charge is -2.34. The lowest BCUT2D eigenvalue weighted by Crippen LogP contribution is -2.46. The highest BCUT2D eigenvalue weighted by Crippen LogP contribution is 2.27. The highest BCUT2D eigenvalue weighted by molar-refractivity contribution is 7.89. The second kappa shape index (κ2) is 9.89. The fourth-order valence-corrected chi connectivity index (χ4v) is 5.36. The molecule has 29 heavy (non-hydrogen) atoms. The summed E-state index contributed by atoms with van der Waals surface area (Å²) in [6.07, 6.45) is 3.37. The zero-order chi connectivity index (χ0) is 20.7. The summed E-state index contributed by atoms with van der Waals surface area (Å²) in [7, 11) is -1.96. The third kappa shape index (κ3) is 5.58. The standard InChI is InChI=1S/C22H28N2O4S/c1-28-20-12-10-18(11-13-20)14-15-23-22(25)17-19-7-5-6-16-24(19)29(26,27)21-8-3-2-4-9-21/h2-4,8-13,19H,5-7,14-17H2,1H3,(H,23,25)/t19-/m0/s1. The largest absolute Gasteiger partial charge is 0.497 e. The SMILES string of the molecule is COc1ccc(CCNC(=O)C[C@@H]2CCCCN2S(=O)(=O)c2ccccc2)cc1. The molecule has 1 atom stereocenters.